The van der Waals surface area contributed by atoms with Crippen molar-refractivity contribution in [3.63, 3.8) is 0 Å². The van der Waals surface area contributed by atoms with Crippen molar-refractivity contribution in [3.8, 4) is 0 Å². The van der Waals surface area contributed by atoms with E-state index >= 15 is 0 Å². The Balaban J connectivity index is 2.95. The molecule has 1 aromatic rings. The molecule has 0 fully saturated rings. The van der Waals surface area contributed by atoms with Gasteiger partial charge < -0.3 is 11.1 Å². The van der Waals surface area contributed by atoms with Gasteiger partial charge in [-0.25, -0.2) is 0 Å². The summed E-state index contributed by atoms with van der Waals surface area (Å²) in [7, 11) is 0. The summed E-state index contributed by atoms with van der Waals surface area (Å²) in [6.45, 7) is 3.38. The van der Waals surface area contributed by atoms with Gasteiger partial charge in [0, 0.05) is 9.13 Å². The monoisotopic (exact) mass is 380 g/mol. The van der Waals surface area contributed by atoms with E-state index in [1.54, 1.807) is 32.0 Å². The molecule has 0 aliphatic rings. The second-order valence-corrected chi connectivity index (χ2v) is 5.70. The van der Waals surface area contributed by atoms with Crippen LogP contribution in [-0.4, -0.2) is 17.4 Å². The van der Waals surface area contributed by atoms with Crippen LogP contribution in [0.4, 0.5) is 0 Å². The van der Waals surface area contributed by atoms with Gasteiger partial charge in [-0.3, -0.25) is 9.59 Å². The summed E-state index contributed by atoms with van der Waals surface area (Å²) in [5.41, 5.74) is 4.64. The Kier molecular flexibility index (Phi) is 4.98. The maximum Gasteiger partial charge on any atom is 0.252 e. The van der Waals surface area contributed by atoms with E-state index in [0.29, 0.717) is 17.0 Å². The molecule has 0 aliphatic carbocycles. The Morgan fingerprint density at radius 3 is 2.56 bits per heavy atom. The van der Waals surface area contributed by atoms with Gasteiger partial charge in [0.2, 0.25) is 5.91 Å². The first kappa shape index (κ1) is 15.2. The maximum absolute atomic E-state index is 12.0. The highest BCUT2D eigenvalue weighted by atomic mass is 127. The first-order valence-corrected chi connectivity index (χ1v) is 6.83. The molecule has 0 saturated heterocycles. The summed E-state index contributed by atoms with van der Waals surface area (Å²) in [6.07, 6.45) is 0.423. The molecule has 0 saturated carbocycles. The minimum Gasteiger partial charge on any atom is -0.368 e. The Bertz CT molecular complexity index is 493. The number of primary amides is 1. The van der Waals surface area contributed by atoms with E-state index in [1.165, 1.54) is 0 Å². The van der Waals surface area contributed by atoms with E-state index in [0.717, 1.165) is 3.57 Å². The summed E-state index contributed by atoms with van der Waals surface area (Å²) in [5.74, 6) is -0.925. The Morgan fingerprint density at radius 1 is 1.50 bits per heavy atom. The van der Waals surface area contributed by atoms with Crippen LogP contribution in [0.1, 0.15) is 30.6 Å². The van der Waals surface area contributed by atoms with Crippen molar-refractivity contribution in [1.82, 2.24) is 5.32 Å². The highest BCUT2D eigenvalue weighted by Gasteiger charge is 2.31. The van der Waals surface area contributed by atoms with Gasteiger partial charge in [-0.2, -0.15) is 0 Å². The van der Waals surface area contributed by atoms with Crippen molar-refractivity contribution in [2.45, 2.75) is 25.8 Å². The van der Waals surface area contributed by atoms with Crippen LogP contribution < -0.4 is 11.1 Å². The number of benzene rings is 1. The average Bonchev–Trinajstić information content (AvgIpc) is 2.32. The molecule has 3 N–H and O–H groups in total. The summed E-state index contributed by atoms with van der Waals surface area (Å²) in [4.78, 5) is 23.3. The Morgan fingerprint density at radius 2 is 2.11 bits per heavy atom. The Hall–Kier alpha value is -0.820. The number of nitrogens with two attached hydrogens (primary N) is 1. The molecule has 1 unspecified atom stereocenters. The molecule has 98 valence electrons. The third-order valence-electron chi connectivity index (χ3n) is 2.82. The number of hydrogen-bond acceptors (Lipinski definition) is 2. The van der Waals surface area contributed by atoms with E-state index in [9.17, 15) is 9.59 Å². The fourth-order valence-electron chi connectivity index (χ4n) is 1.28. The molecule has 1 atom stereocenters. The van der Waals surface area contributed by atoms with Crippen LogP contribution in [-0.2, 0) is 4.79 Å². The molecule has 0 radical (unpaired) electrons. The second kappa shape index (κ2) is 5.88. The number of carbonyl (C=O) groups excluding carboxylic acids is 2. The number of amides is 2. The molecule has 0 aliphatic heterocycles. The van der Waals surface area contributed by atoms with Gasteiger partial charge in [0.25, 0.3) is 5.91 Å². The molecule has 0 bridgehead atoms. The first-order chi connectivity index (χ1) is 8.30. The van der Waals surface area contributed by atoms with Gasteiger partial charge in [0.15, 0.2) is 0 Å². The summed E-state index contributed by atoms with van der Waals surface area (Å²) >= 11 is 8.02. The zero-order valence-corrected chi connectivity index (χ0v) is 13.0. The third-order valence-corrected chi connectivity index (χ3v) is 4.39. The predicted octanol–water partition coefficient (Wildman–Crippen LogP) is 2.33. The van der Waals surface area contributed by atoms with Crippen LogP contribution in [0.15, 0.2) is 18.2 Å². The van der Waals surface area contributed by atoms with Gasteiger partial charge in [-0.15, -0.1) is 0 Å². The van der Waals surface area contributed by atoms with Gasteiger partial charge in [0.05, 0.1) is 5.02 Å². The molecule has 18 heavy (non-hydrogen) atoms. The molecule has 0 heterocycles. The van der Waals surface area contributed by atoms with Crippen LogP contribution in [0.3, 0.4) is 0 Å². The largest absolute Gasteiger partial charge is 0.368 e. The molecule has 6 heteroatoms. The summed E-state index contributed by atoms with van der Waals surface area (Å²) in [5, 5.41) is 3.13. The van der Waals surface area contributed by atoms with Crippen molar-refractivity contribution in [2.24, 2.45) is 5.73 Å². The number of carbonyl (C=O) groups is 2. The molecule has 1 aromatic carbocycles. The van der Waals surface area contributed by atoms with E-state index in [4.69, 9.17) is 17.3 Å². The lowest BCUT2D eigenvalue weighted by Gasteiger charge is -2.25. The van der Waals surface area contributed by atoms with Crippen molar-refractivity contribution in [1.29, 1.82) is 0 Å². The van der Waals surface area contributed by atoms with E-state index in [1.807, 2.05) is 0 Å². The lowest BCUT2D eigenvalue weighted by atomic mass is 9.97. The Labute approximate surface area is 124 Å². The van der Waals surface area contributed by atoms with Gasteiger partial charge in [-0.05, 0) is 54.1 Å². The van der Waals surface area contributed by atoms with E-state index in [-0.39, 0.29) is 5.91 Å². The topological polar surface area (TPSA) is 72.2 Å². The van der Waals surface area contributed by atoms with Gasteiger partial charge >= 0.3 is 0 Å². The summed E-state index contributed by atoms with van der Waals surface area (Å²) < 4.78 is 0.860. The van der Waals surface area contributed by atoms with Crippen LogP contribution in [0, 0.1) is 3.57 Å². The smallest absolute Gasteiger partial charge is 0.252 e. The number of halogens is 2. The molecule has 0 spiro atoms. The normalized spacial score (nSPS) is 13.8. The van der Waals surface area contributed by atoms with Crippen LogP contribution in [0.2, 0.25) is 5.02 Å². The maximum atomic E-state index is 12.0. The van der Waals surface area contributed by atoms with Gasteiger partial charge in [0.1, 0.15) is 5.54 Å². The van der Waals surface area contributed by atoms with Gasteiger partial charge in [-0.1, -0.05) is 18.5 Å². The van der Waals surface area contributed by atoms with Crippen LogP contribution in [0.25, 0.3) is 0 Å². The quantitative estimate of drug-likeness (QED) is 0.787. The van der Waals surface area contributed by atoms with Crippen molar-refractivity contribution in [3.05, 3.63) is 32.4 Å². The second-order valence-electron chi connectivity index (χ2n) is 4.13. The van der Waals surface area contributed by atoms with Crippen molar-refractivity contribution < 1.29 is 9.59 Å². The lowest BCUT2D eigenvalue weighted by molar-refractivity contribution is -0.123. The number of hydrogen-bond donors (Lipinski definition) is 2. The predicted molar refractivity (Wildman–Crippen MR) is 79.5 cm³/mol. The standard InChI is InChI=1S/C12H14ClIN2O2/c1-3-12(2,11(15)18)16-10(17)7-4-5-9(14)8(13)6-7/h4-6H,3H2,1-2H3,(H2,15,18)(H,16,17). The average molecular weight is 381 g/mol. The summed E-state index contributed by atoms with van der Waals surface area (Å²) in [6, 6.07) is 4.96. The minimum absolute atomic E-state index is 0.364. The zero-order chi connectivity index (χ0) is 13.9. The van der Waals surface area contributed by atoms with E-state index in [2.05, 4.69) is 27.9 Å². The molecule has 1 rings (SSSR count). The highest BCUT2D eigenvalue weighted by molar-refractivity contribution is 14.1. The fourth-order valence-corrected chi connectivity index (χ4v) is 1.80. The molecule has 0 aromatic heterocycles. The lowest BCUT2D eigenvalue weighted by Crippen LogP contribution is -2.54. The van der Waals surface area contributed by atoms with Crippen LogP contribution >= 0.6 is 34.2 Å². The molecule has 2 amide bonds. The highest BCUT2D eigenvalue weighted by Crippen LogP contribution is 2.20. The third kappa shape index (κ3) is 3.35. The first-order valence-electron chi connectivity index (χ1n) is 5.37. The fraction of sp³-hybridized carbons (Fsp3) is 0.333. The molecular formula is C12H14ClIN2O2. The SMILES string of the molecule is CCC(C)(NC(=O)c1ccc(I)c(Cl)c1)C(N)=O. The number of nitrogens with one attached hydrogen (secondary N) is 1. The minimum atomic E-state index is -1.05. The zero-order valence-electron chi connectivity index (χ0n) is 10.1. The molecular weight excluding hydrogens is 367 g/mol. The van der Waals surface area contributed by atoms with Crippen molar-refractivity contribution >= 4 is 46.0 Å². The van der Waals surface area contributed by atoms with Crippen molar-refractivity contribution in [2.75, 3.05) is 0 Å². The molecule has 4 nitrogen and oxygen atoms in total. The van der Waals surface area contributed by atoms with E-state index < -0.39 is 11.4 Å². The number of rotatable bonds is 4. The van der Waals surface area contributed by atoms with Crippen LogP contribution in [0.5, 0.6) is 0 Å².